The molecule has 0 radical (unpaired) electrons. The molecule has 0 fully saturated rings. The van der Waals surface area contributed by atoms with Gasteiger partial charge in [-0.15, -0.1) is 0 Å². The summed E-state index contributed by atoms with van der Waals surface area (Å²) in [6.45, 7) is 2.51. The summed E-state index contributed by atoms with van der Waals surface area (Å²) >= 11 is 0. The molecule has 2 aromatic rings. The van der Waals surface area contributed by atoms with Gasteiger partial charge in [0, 0.05) is 17.3 Å². The van der Waals surface area contributed by atoms with E-state index in [9.17, 15) is 0 Å². The molecule has 0 atom stereocenters. The Morgan fingerprint density at radius 3 is 2.76 bits per heavy atom. The van der Waals surface area contributed by atoms with Gasteiger partial charge in [-0.1, -0.05) is 35.9 Å². The molecule has 21 heavy (non-hydrogen) atoms. The zero-order valence-corrected chi connectivity index (χ0v) is 12.0. The fraction of sp³-hybridized carbons (Fsp3) is 0.167. The Labute approximate surface area is 123 Å². The minimum Gasteiger partial charge on any atom is -0.438 e. The summed E-state index contributed by atoms with van der Waals surface area (Å²) in [5, 5.41) is 1.08. The van der Waals surface area contributed by atoms with Crippen molar-refractivity contribution in [2.24, 2.45) is 10.7 Å². The van der Waals surface area contributed by atoms with Gasteiger partial charge >= 0.3 is 0 Å². The average molecular weight is 278 g/mol. The number of hydrogen-bond acceptors (Lipinski definition) is 3. The van der Waals surface area contributed by atoms with Crippen LogP contribution in [0.25, 0.3) is 12.2 Å². The molecule has 106 valence electrons. The van der Waals surface area contributed by atoms with Crippen LogP contribution in [0.3, 0.4) is 0 Å². The van der Waals surface area contributed by atoms with Gasteiger partial charge in [0.1, 0.15) is 5.42 Å². The van der Waals surface area contributed by atoms with Crippen molar-refractivity contribution < 1.29 is 4.42 Å². The van der Waals surface area contributed by atoms with Gasteiger partial charge in [-0.25, -0.2) is 4.99 Å². The van der Waals surface area contributed by atoms with Crippen molar-refractivity contribution in [1.82, 2.24) is 0 Å². The molecule has 0 saturated carbocycles. The number of para-hydroxylation sites is 1. The molecule has 0 unspecified atom stereocenters. The van der Waals surface area contributed by atoms with Gasteiger partial charge in [0.05, 0.1) is 5.69 Å². The number of benzene rings is 1. The highest BCUT2D eigenvalue weighted by atomic mass is 16.3. The van der Waals surface area contributed by atoms with E-state index in [0.29, 0.717) is 12.1 Å². The van der Waals surface area contributed by atoms with Gasteiger partial charge in [-0.3, -0.25) is 0 Å². The third-order valence-electron chi connectivity index (χ3n) is 3.47. The lowest BCUT2D eigenvalue weighted by Gasteiger charge is -2.00. The minimum absolute atomic E-state index is 0.405. The molecule has 0 aliphatic heterocycles. The van der Waals surface area contributed by atoms with Crippen LogP contribution < -0.4 is 21.9 Å². The fourth-order valence-corrected chi connectivity index (χ4v) is 2.26. The van der Waals surface area contributed by atoms with Crippen molar-refractivity contribution in [2.45, 2.75) is 19.9 Å². The Hall–Kier alpha value is -2.39. The van der Waals surface area contributed by atoms with Crippen LogP contribution in [0.15, 0.2) is 57.5 Å². The summed E-state index contributed by atoms with van der Waals surface area (Å²) in [7, 11) is 0. The normalized spacial score (nSPS) is 14.6. The Morgan fingerprint density at radius 2 is 2.00 bits per heavy atom. The van der Waals surface area contributed by atoms with Crippen molar-refractivity contribution in [3.63, 3.8) is 0 Å². The molecule has 1 heterocycles. The molecule has 1 aromatic carbocycles. The first-order valence-electron chi connectivity index (χ1n) is 7.07. The van der Waals surface area contributed by atoms with E-state index in [4.69, 9.17) is 10.2 Å². The molecule has 2 N–H and O–H groups in total. The molecule has 0 saturated heterocycles. The van der Waals surface area contributed by atoms with Gasteiger partial charge < -0.3 is 10.2 Å². The first-order valence-corrected chi connectivity index (χ1v) is 7.07. The van der Waals surface area contributed by atoms with Crippen molar-refractivity contribution in [3.8, 4) is 0 Å². The average Bonchev–Trinajstić information content (AvgIpc) is 2.69. The lowest BCUT2D eigenvalue weighted by atomic mass is 10.2. The van der Waals surface area contributed by atoms with Crippen molar-refractivity contribution in [1.29, 1.82) is 0 Å². The van der Waals surface area contributed by atoms with Gasteiger partial charge in [0.15, 0.2) is 0 Å². The SMILES string of the molecule is CC1=CC=c2oc(=Nc3ccccc3)c(CN)cc2=CC1. The van der Waals surface area contributed by atoms with Crippen LogP contribution in [-0.2, 0) is 6.54 Å². The quantitative estimate of drug-likeness (QED) is 0.912. The van der Waals surface area contributed by atoms with E-state index in [-0.39, 0.29) is 0 Å². The number of fused-ring (bicyclic) bond motifs is 1. The smallest absolute Gasteiger partial charge is 0.224 e. The molecule has 3 nitrogen and oxygen atoms in total. The van der Waals surface area contributed by atoms with Gasteiger partial charge in [0.2, 0.25) is 5.55 Å². The molecular formula is C18H18N2O. The van der Waals surface area contributed by atoms with Crippen molar-refractivity contribution in [2.75, 3.05) is 0 Å². The predicted octanol–water partition coefficient (Wildman–Crippen LogP) is 1.88. The van der Waals surface area contributed by atoms with Gasteiger partial charge in [-0.2, -0.15) is 0 Å². The van der Waals surface area contributed by atoms with Crippen LogP contribution >= 0.6 is 0 Å². The van der Waals surface area contributed by atoms with Crippen LogP contribution in [0.1, 0.15) is 18.9 Å². The third-order valence-corrected chi connectivity index (χ3v) is 3.47. The second-order valence-corrected chi connectivity index (χ2v) is 5.14. The Kier molecular flexibility index (Phi) is 3.84. The molecular weight excluding hydrogens is 260 g/mol. The molecule has 1 aromatic heterocycles. The molecule has 3 rings (SSSR count). The molecule has 0 spiro atoms. The largest absolute Gasteiger partial charge is 0.438 e. The van der Waals surface area contributed by atoms with Crippen LogP contribution in [0.2, 0.25) is 0 Å². The molecule has 0 amide bonds. The summed E-state index contributed by atoms with van der Waals surface area (Å²) in [5.41, 5.74) is 10.3. The Bertz CT molecular complexity index is 858. The van der Waals surface area contributed by atoms with Gasteiger partial charge in [0.25, 0.3) is 0 Å². The summed E-state index contributed by atoms with van der Waals surface area (Å²) < 4.78 is 5.98. The van der Waals surface area contributed by atoms with E-state index in [1.54, 1.807) is 0 Å². The van der Waals surface area contributed by atoms with Crippen molar-refractivity contribution in [3.05, 3.63) is 69.8 Å². The molecule has 3 heteroatoms. The first kappa shape index (κ1) is 13.6. The number of nitrogens with zero attached hydrogens (tertiary/aromatic N) is 1. The van der Waals surface area contributed by atoms with E-state index >= 15 is 0 Å². The lowest BCUT2D eigenvalue weighted by Crippen LogP contribution is -2.32. The third kappa shape index (κ3) is 3.03. The van der Waals surface area contributed by atoms with Crippen LogP contribution in [0.4, 0.5) is 5.69 Å². The molecule has 1 aliphatic rings. The van der Waals surface area contributed by atoms with Crippen LogP contribution in [0, 0.1) is 0 Å². The highest BCUT2D eigenvalue weighted by Gasteiger charge is 2.02. The zero-order chi connectivity index (χ0) is 14.7. The monoisotopic (exact) mass is 278 g/mol. The topological polar surface area (TPSA) is 51.5 Å². The second-order valence-electron chi connectivity index (χ2n) is 5.14. The van der Waals surface area contributed by atoms with Crippen LogP contribution in [0.5, 0.6) is 0 Å². The first-order chi connectivity index (χ1) is 10.3. The van der Waals surface area contributed by atoms with E-state index in [1.807, 2.05) is 36.4 Å². The maximum Gasteiger partial charge on any atom is 0.224 e. The Morgan fingerprint density at radius 1 is 1.19 bits per heavy atom. The highest BCUT2D eigenvalue weighted by molar-refractivity contribution is 5.45. The van der Waals surface area contributed by atoms with Crippen LogP contribution in [-0.4, -0.2) is 0 Å². The maximum absolute atomic E-state index is 5.98. The standard InChI is InChI=1S/C18H18N2O/c1-13-7-9-14-11-15(12-19)18(21-17(14)10-8-13)20-16-5-3-2-4-6-16/h2-6,8-11H,7,12,19H2,1H3. The summed E-state index contributed by atoms with van der Waals surface area (Å²) in [6, 6.07) is 11.8. The summed E-state index contributed by atoms with van der Waals surface area (Å²) in [6.07, 6.45) is 7.18. The highest BCUT2D eigenvalue weighted by Crippen LogP contribution is 2.08. The summed E-state index contributed by atoms with van der Waals surface area (Å²) in [5.74, 6) is 0. The molecule has 0 bridgehead atoms. The minimum atomic E-state index is 0.405. The number of nitrogens with two attached hydrogens (primary N) is 1. The van der Waals surface area contributed by atoms with E-state index in [1.165, 1.54) is 5.57 Å². The van der Waals surface area contributed by atoms with Crippen molar-refractivity contribution >= 4 is 17.8 Å². The number of rotatable bonds is 2. The lowest BCUT2D eigenvalue weighted by molar-refractivity contribution is 0.453. The van der Waals surface area contributed by atoms with Gasteiger partial charge in [-0.05, 0) is 37.6 Å². The molecule has 1 aliphatic carbocycles. The second kappa shape index (κ2) is 5.94. The maximum atomic E-state index is 5.98. The van der Waals surface area contributed by atoms with E-state index < -0.39 is 0 Å². The summed E-state index contributed by atoms with van der Waals surface area (Å²) in [4.78, 5) is 4.57. The number of allylic oxidation sites excluding steroid dienone is 2. The van der Waals surface area contributed by atoms with E-state index in [0.717, 1.165) is 28.3 Å². The zero-order valence-electron chi connectivity index (χ0n) is 12.0. The van der Waals surface area contributed by atoms with E-state index in [2.05, 4.69) is 30.1 Å². The predicted molar refractivity (Wildman–Crippen MR) is 84.8 cm³/mol. The number of hydrogen-bond donors (Lipinski definition) is 1. The Balaban J connectivity index is 2.25. The fourth-order valence-electron chi connectivity index (χ4n) is 2.26.